The van der Waals surface area contributed by atoms with Crippen LogP contribution < -0.4 is 9.80 Å². The van der Waals surface area contributed by atoms with E-state index in [4.69, 9.17) is 4.42 Å². The molecule has 328 valence electrons. The van der Waals surface area contributed by atoms with Crippen LogP contribution in [0.5, 0.6) is 0 Å². The Kier molecular flexibility index (Phi) is 9.96. The Balaban J connectivity index is 0.984. The molecule has 13 rings (SSSR count). The summed E-state index contributed by atoms with van der Waals surface area (Å²) in [7, 11) is 0. The van der Waals surface area contributed by atoms with Crippen molar-refractivity contribution in [1.82, 2.24) is 0 Å². The van der Waals surface area contributed by atoms with Crippen LogP contribution in [0.3, 0.4) is 0 Å². The van der Waals surface area contributed by atoms with Gasteiger partial charge in [-0.3, -0.25) is 0 Å². The quantitative estimate of drug-likeness (QED) is 0.152. The smallest absolute Gasteiger partial charge is 0.136 e. The first-order valence-electron chi connectivity index (χ1n) is 24.6. The van der Waals surface area contributed by atoms with Gasteiger partial charge < -0.3 is 14.2 Å². The molecular weight excluding hydrogens is 825 g/mol. The number of anilines is 5. The van der Waals surface area contributed by atoms with Gasteiger partial charge >= 0.3 is 0 Å². The van der Waals surface area contributed by atoms with Gasteiger partial charge in [-0.25, -0.2) is 0 Å². The van der Waals surface area contributed by atoms with Crippen molar-refractivity contribution in [3.8, 4) is 22.3 Å². The number of furan rings is 1. The van der Waals surface area contributed by atoms with Crippen LogP contribution in [-0.2, 0) is 0 Å². The summed E-state index contributed by atoms with van der Waals surface area (Å²) >= 11 is 0. The minimum Gasteiger partial charge on any atom is -0.456 e. The average molecular weight is 877 g/mol. The standard InChI is InChI=1S/C65H52N2O/c1-43-49(41-42-56-53-27-10-14-34-60(53)67(65(43)56)47-23-6-3-7-24-47)45-37-39-48(40-38-45)66(59-33-13-9-26-52(59)55-31-18-36-62-64(55)57-28-11-15-35-61(57)68-62)58-32-12-8-25-51(58)54-30-17-22-46-21-16-29-50(63(46)54)44-19-4-2-5-20-44/h3,6-18,21-44,65H,2,4-5,19-20H2,1H3. The van der Waals surface area contributed by atoms with Gasteiger partial charge in [0, 0.05) is 50.4 Å². The van der Waals surface area contributed by atoms with Crippen molar-refractivity contribution in [2.75, 3.05) is 9.80 Å². The lowest BCUT2D eigenvalue weighted by atomic mass is 9.80. The topological polar surface area (TPSA) is 19.6 Å². The first-order chi connectivity index (χ1) is 33.7. The number of nitrogens with zero attached hydrogens (tertiary/aromatic N) is 2. The molecule has 1 fully saturated rings. The molecule has 0 bridgehead atoms. The molecule has 2 atom stereocenters. The van der Waals surface area contributed by atoms with Gasteiger partial charge in [0.1, 0.15) is 11.2 Å². The van der Waals surface area contributed by atoms with Crippen molar-refractivity contribution in [3.63, 3.8) is 0 Å². The molecule has 68 heavy (non-hydrogen) atoms. The summed E-state index contributed by atoms with van der Waals surface area (Å²) in [6.07, 6.45) is 11.2. The summed E-state index contributed by atoms with van der Waals surface area (Å²) in [6, 6.07) is 76.2. The minimum absolute atomic E-state index is 0.186. The maximum absolute atomic E-state index is 6.49. The SMILES string of the molecule is CC1C(c2ccc(N(c3ccccc3-c3cccc4cccc(C5CCCCC5)c34)c3ccccc3-c3cccc4oc5ccccc5c34)cc2)=CC=C2c3ccccc3N(c3ccccc3)C21. The van der Waals surface area contributed by atoms with Crippen LogP contribution >= 0.6 is 0 Å². The molecular formula is C65H52N2O. The van der Waals surface area contributed by atoms with Crippen molar-refractivity contribution in [2.45, 2.75) is 51.0 Å². The second kappa shape index (κ2) is 16.8. The molecule has 1 saturated carbocycles. The second-order valence-corrected chi connectivity index (χ2v) is 19.0. The molecule has 0 spiro atoms. The lowest BCUT2D eigenvalue weighted by Crippen LogP contribution is -2.34. The van der Waals surface area contributed by atoms with Gasteiger partial charge in [-0.1, -0.05) is 190 Å². The fourth-order valence-corrected chi connectivity index (χ4v) is 12.2. The molecule has 3 nitrogen and oxygen atoms in total. The highest BCUT2D eigenvalue weighted by Gasteiger charge is 2.41. The molecule has 0 N–H and O–H groups in total. The zero-order valence-corrected chi connectivity index (χ0v) is 38.4. The molecule has 3 aliphatic rings. The van der Waals surface area contributed by atoms with E-state index in [-0.39, 0.29) is 12.0 Å². The molecule has 10 aromatic rings. The summed E-state index contributed by atoms with van der Waals surface area (Å²) in [6.45, 7) is 2.41. The van der Waals surface area contributed by atoms with Crippen LogP contribution in [0.1, 0.15) is 61.6 Å². The third-order valence-corrected chi connectivity index (χ3v) is 15.2. The van der Waals surface area contributed by atoms with E-state index in [2.05, 4.69) is 235 Å². The van der Waals surface area contributed by atoms with Crippen LogP contribution in [0.15, 0.2) is 223 Å². The highest BCUT2D eigenvalue weighted by atomic mass is 16.3. The summed E-state index contributed by atoms with van der Waals surface area (Å²) < 4.78 is 6.49. The lowest BCUT2D eigenvalue weighted by Gasteiger charge is -2.36. The van der Waals surface area contributed by atoms with Crippen molar-refractivity contribution in [1.29, 1.82) is 0 Å². The van der Waals surface area contributed by atoms with Gasteiger partial charge in [0.15, 0.2) is 0 Å². The van der Waals surface area contributed by atoms with E-state index >= 15 is 0 Å². The monoisotopic (exact) mass is 876 g/mol. The zero-order valence-electron chi connectivity index (χ0n) is 38.4. The van der Waals surface area contributed by atoms with Gasteiger partial charge in [0.25, 0.3) is 0 Å². The number of hydrogen-bond acceptors (Lipinski definition) is 3. The Morgan fingerprint density at radius 1 is 0.471 bits per heavy atom. The Morgan fingerprint density at radius 3 is 1.82 bits per heavy atom. The lowest BCUT2D eigenvalue weighted by molar-refractivity contribution is 0.445. The Bertz CT molecular complexity index is 3580. The fourth-order valence-electron chi connectivity index (χ4n) is 12.2. The zero-order chi connectivity index (χ0) is 45.1. The van der Waals surface area contributed by atoms with Gasteiger partial charge in [-0.15, -0.1) is 0 Å². The third-order valence-electron chi connectivity index (χ3n) is 15.2. The largest absolute Gasteiger partial charge is 0.456 e. The molecule has 1 aromatic heterocycles. The van der Waals surface area contributed by atoms with E-state index in [1.54, 1.807) is 0 Å². The summed E-state index contributed by atoms with van der Waals surface area (Å²) in [5, 5.41) is 4.95. The molecule has 0 saturated heterocycles. The van der Waals surface area contributed by atoms with Gasteiger partial charge in [0.2, 0.25) is 0 Å². The molecule has 3 heteroatoms. The van der Waals surface area contributed by atoms with Crippen molar-refractivity contribution >= 4 is 72.3 Å². The first kappa shape index (κ1) is 40.4. The third kappa shape index (κ3) is 6.63. The molecule has 0 amide bonds. The summed E-state index contributed by atoms with van der Waals surface area (Å²) in [5.41, 5.74) is 19.2. The molecule has 0 radical (unpaired) electrons. The fraction of sp³-hybridized carbons (Fsp3) is 0.138. The van der Waals surface area contributed by atoms with Crippen molar-refractivity contribution < 1.29 is 4.42 Å². The van der Waals surface area contributed by atoms with Crippen LogP contribution in [0.2, 0.25) is 0 Å². The highest BCUT2D eigenvalue weighted by Crippen LogP contribution is 2.53. The minimum atomic E-state index is 0.186. The van der Waals surface area contributed by atoms with E-state index < -0.39 is 0 Å². The van der Waals surface area contributed by atoms with E-state index in [0.717, 1.165) is 50.1 Å². The predicted molar refractivity (Wildman–Crippen MR) is 287 cm³/mol. The maximum atomic E-state index is 6.49. The molecule has 2 unspecified atom stereocenters. The van der Waals surface area contributed by atoms with E-state index in [1.807, 2.05) is 0 Å². The Labute approximate surface area is 398 Å². The second-order valence-electron chi connectivity index (χ2n) is 19.0. The van der Waals surface area contributed by atoms with Crippen LogP contribution in [0.4, 0.5) is 28.4 Å². The van der Waals surface area contributed by atoms with Gasteiger partial charge in [-0.05, 0) is 118 Å². The number of rotatable bonds is 8. The van der Waals surface area contributed by atoms with Crippen LogP contribution in [0.25, 0.3) is 66.1 Å². The highest BCUT2D eigenvalue weighted by molar-refractivity contribution is 6.14. The van der Waals surface area contributed by atoms with Crippen molar-refractivity contribution in [3.05, 3.63) is 235 Å². The molecule has 1 aliphatic heterocycles. The molecule has 2 heterocycles. The molecule has 9 aromatic carbocycles. The summed E-state index contributed by atoms with van der Waals surface area (Å²) in [4.78, 5) is 5.07. The van der Waals surface area contributed by atoms with E-state index in [1.165, 1.54) is 93.2 Å². The predicted octanol–water partition coefficient (Wildman–Crippen LogP) is 18.2. The number of allylic oxidation sites excluding steroid dienone is 2. The number of benzene rings is 9. The Hall–Kier alpha value is -7.88. The van der Waals surface area contributed by atoms with Crippen LogP contribution in [-0.4, -0.2) is 6.04 Å². The van der Waals surface area contributed by atoms with Crippen molar-refractivity contribution in [2.24, 2.45) is 5.92 Å². The van der Waals surface area contributed by atoms with Crippen LogP contribution in [0, 0.1) is 5.92 Å². The first-order valence-corrected chi connectivity index (χ1v) is 24.6. The average Bonchev–Trinajstić information content (AvgIpc) is 3.96. The molecule has 2 aliphatic carbocycles. The van der Waals surface area contributed by atoms with E-state index in [0.29, 0.717) is 5.92 Å². The number of hydrogen-bond donors (Lipinski definition) is 0. The van der Waals surface area contributed by atoms with E-state index in [9.17, 15) is 0 Å². The Morgan fingerprint density at radius 2 is 1.06 bits per heavy atom. The number of para-hydroxylation sites is 5. The number of fused-ring (bicyclic) bond motifs is 7. The summed E-state index contributed by atoms with van der Waals surface area (Å²) in [5.74, 6) is 0.803. The normalized spacial score (nSPS) is 17.0. The van der Waals surface area contributed by atoms with Gasteiger partial charge in [-0.2, -0.15) is 0 Å². The van der Waals surface area contributed by atoms with Gasteiger partial charge in [0.05, 0.1) is 17.4 Å². The maximum Gasteiger partial charge on any atom is 0.136 e.